The maximum absolute atomic E-state index is 15.0. The number of hydrogen-bond donors (Lipinski definition) is 1. The van der Waals surface area contributed by atoms with E-state index < -0.39 is 47.7 Å². The van der Waals surface area contributed by atoms with Crippen LogP contribution in [0.5, 0.6) is 0 Å². The summed E-state index contributed by atoms with van der Waals surface area (Å²) in [7, 11) is 1.70. The highest BCUT2D eigenvalue weighted by molar-refractivity contribution is 6.05. The minimum absolute atomic E-state index is 0.0390. The number of allylic oxidation sites excluding steroid dienone is 1. The monoisotopic (exact) mass is 699 g/mol. The van der Waals surface area contributed by atoms with Gasteiger partial charge < -0.3 is 29.3 Å². The lowest BCUT2D eigenvalue weighted by Gasteiger charge is -2.37. The summed E-state index contributed by atoms with van der Waals surface area (Å²) in [5, 5.41) is 9.42. The number of carbonyl (C=O) groups excluding carboxylic acids is 4. The minimum atomic E-state index is -1.21. The highest BCUT2D eigenvalue weighted by atomic mass is 16.6. The van der Waals surface area contributed by atoms with Crippen molar-refractivity contribution in [2.24, 2.45) is 11.8 Å². The standard InChI is InChI=1S/C41H53N3O7/c1-7-9-21-32(46)42(6)29(5)36(30-19-12-10-13-20-30)50-40(49)33-31-22-23-41(51-31)34(33)38(47)44(25-14-11-15-26-45)37(41)39(48)43(24-8-2)35-27(3)17-16-18-28(35)4/h7-8,10,12-13,16-20,29,31,33-34,36-37,45H,1-2,9,11,14-15,21-26H2,3-6H3/t29-,31-,33+,34+,36+,37-,41+/m0/s1. The molecule has 3 aliphatic rings. The second-order valence-corrected chi connectivity index (χ2v) is 14.2. The van der Waals surface area contributed by atoms with Crippen LogP contribution in [0.2, 0.25) is 0 Å². The maximum Gasteiger partial charge on any atom is 0.313 e. The van der Waals surface area contributed by atoms with Gasteiger partial charge in [-0.2, -0.15) is 0 Å². The van der Waals surface area contributed by atoms with Crippen LogP contribution in [0.3, 0.4) is 0 Å². The van der Waals surface area contributed by atoms with Crippen LogP contribution in [0.1, 0.15) is 74.7 Å². The van der Waals surface area contributed by atoms with Gasteiger partial charge in [0.2, 0.25) is 11.8 Å². The van der Waals surface area contributed by atoms with E-state index in [9.17, 15) is 24.3 Å². The van der Waals surface area contributed by atoms with Crippen LogP contribution < -0.4 is 4.90 Å². The second-order valence-electron chi connectivity index (χ2n) is 14.2. The molecule has 51 heavy (non-hydrogen) atoms. The Bertz CT molecular complexity index is 1590. The molecule has 10 nitrogen and oxygen atoms in total. The van der Waals surface area contributed by atoms with Gasteiger partial charge in [0.15, 0.2) is 0 Å². The summed E-state index contributed by atoms with van der Waals surface area (Å²) < 4.78 is 13.1. The maximum atomic E-state index is 15.0. The molecule has 3 fully saturated rings. The lowest BCUT2D eigenvalue weighted by Crippen LogP contribution is -2.56. The van der Waals surface area contributed by atoms with E-state index in [1.54, 1.807) is 33.9 Å². The van der Waals surface area contributed by atoms with Crippen molar-refractivity contribution in [3.05, 3.63) is 90.5 Å². The number of aliphatic hydroxyl groups is 1. The number of fused-ring (bicyclic) bond motifs is 1. The van der Waals surface area contributed by atoms with E-state index >= 15 is 0 Å². The summed E-state index contributed by atoms with van der Waals surface area (Å²) in [5.41, 5.74) is 2.13. The molecule has 0 aromatic heterocycles. The van der Waals surface area contributed by atoms with Gasteiger partial charge in [0.25, 0.3) is 5.91 Å². The van der Waals surface area contributed by atoms with Gasteiger partial charge in [-0.3, -0.25) is 19.2 Å². The summed E-state index contributed by atoms with van der Waals surface area (Å²) in [6.45, 7) is 14.0. The molecule has 2 aromatic rings. The lowest BCUT2D eigenvalue weighted by atomic mass is 9.70. The van der Waals surface area contributed by atoms with E-state index in [0.29, 0.717) is 45.1 Å². The molecule has 10 heteroatoms. The Morgan fingerprint density at radius 1 is 1.06 bits per heavy atom. The lowest BCUT2D eigenvalue weighted by molar-refractivity contribution is -0.164. The number of likely N-dealkylation sites (N-methyl/N-ethyl adjacent to an activating group) is 1. The fourth-order valence-corrected chi connectivity index (χ4v) is 8.43. The zero-order chi connectivity index (χ0) is 36.9. The number of aliphatic hydroxyl groups excluding tert-OH is 1. The summed E-state index contributed by atoms with van der Waals surface area (Å²) in [6, 6.07) is 13.7. The minimum Gasteiger partial charge on any atom is -0.455 e. The molecule has 274 valence electrons. The fraction of sp³-hybridized carbons (Fsp3) is 0.512. The van der Waals surface area contributed by atoms with E-state index in [4.69, 9.17) is 9.47 Å². The quantitative estimate of drug-likeness (QED) is 0.133. The van der Waals surface area contributed by atoms with Gasteiger partial charge in [0, 0.05) is 38.9 Å². The second kappa shape index (κ2) is 16.4. The number of ether oxygens (including phenoxy) is 2. The van der Waals surface area contributed by atoms with Gasteiger partial charge in [0.05, 0.1) is 24.0 Å². The smallest absolute Gasteiger partial charge is 0.313 e. The van der Waals surface area contributed by atoms with Crippen molar-refractivity contribution in [2.45, 2.75) is 95.6 Å². The first kappa shape index (κ1) is 38.0. The molecule has 3 saturated heterocycles. The molecule has 2 bridgehead atoms. The third-order valence-corrected chi connectivity index (χ3v) is 11.0. The Hall–Kier alpha value is -4.28. The number of esters is 1. The van der Waals surface area contributed by atoms with Gasteiger partial charge in [-0.1, -0.05) is 60.7 Å². The summed E-state index contributed by atoms with van der Waals surface area (Å²) in [6.07, 6.45) is 5.59. The van der Waals surface area contributed by atoms with Crippen LogP contribution in [0.25, 0.3) is 0 Å². The first-order valence-corrected chi connectivity index (χ1v) is 18.2. The Balaban J connectivity index is 1.50. The van der Waals surface area contributed by atoms with E-state index in [-0.39, 0.29) is 37.3 Å². The number of carbonyl (C=O) groups is 4. The van der Waals surface area contributed by atoms with E-state index in [0.717, 1.165) is 22.4 Å². The summed E-state index contributed by atoms with van der Waals surface area (Å²) in [4.78, 5) is 62.0. The highest BCUT2D eigenvalue weighted by Crippen LogP contribution is 2.59. The number of unbranched alkanes of at least 4 members (excludes halogenated alkanes) is 2. The number of benzene rings is 2. The Labute approximate surface area is 302 Å². The van der Waals surface area contributed by atoms with Crippen molar-refractivity contribution in [1.82, 2.24) is 9.80 Å². The first-order chi connectivity index (χ1) is 24.5. The SMILES string of the molecule is C=CCCC(=O)N(C)[C@@H](C)[C@@H](OC(=O)[C@@H]1[C@@H]2CC[C@]3(O2)[C@H](C(=O)N(CC=C)c2c(C)cccc2C)N(CCCCCO)C(=O)[C@@H]13)c1ccccc1. The number of aryl methyl sites for hydroxylation is 2. The summed E-state index contributed by atoms with van der Waals surface area (Å²) in [5.74, 6) is -3.05. The fourth-order valence-electron chi connectivity index (χ4n) is 8.43. The Kier molecular flexibility index (Phi) is 12.2. The molecule has 1 N–H and O–H groups in total. The topological polar surface area (TPSA) is 117 Å². The zero-order valence-corrected chi connectivity index (χ0v) is 30.5. The number of hydrogen-bond acceptors (Lipinski definition) is 7. The van der Waals surface area contributed by atoms with Crippen molar-refractivity contribution < 1.29 is 33.8 Å². The van der Waals surface area contributed by atoms with Gasteiger partial charge in [-0.15, -0.1) is 13.2 Å². The molecule has 3 amide bonds. The Morgan fingerprint density at radius 3 is 2.41 bits per heavy atom. The number of nitrogens with zero attached hydrogens (tertiary/aromatic N) is 3. The van der Waals surface area contributed by atoms with Crippen molar-refractivity contribution in [2.75, 3.05) is 31.6 Å². The normalized spacial score (nSPS) is 24.5. The average molecular weight is 700 g/mol. The van der Waals surface area contributed by atoms with Crippen molar-refractivity contribution in [3.63, 3.8) is 0 Å². The van der Waals surface area contributed by atoms with Gasteiger partial charge in [0.1, 0.15) is 17.7 Å². The van der Waals surface area contributed by atoms with Crippen LogP contribution in [-0.4, -0.2) is 89.1 Å². The van der Waals surface area contributed by atoms with Gasteiger partial charge in [-0.25, -0.2) is 0 Å². The van der Waals surface area contributed by atoms with Crippen LogP contribution in [0.4, 0.5) is 5.69 Å². The van der Waals surface area contributed by atoms with Crippen LogP contribution >= 0.6 is 0 Å². The van der Waals surface area contributed by atoms with E-state index in [1.165, 1.54) is 0 Å². The van der Waals surface area contributed by atoms with Crippen LogP contribution in [0, 0.1) is 25.7 Å². The Morgan fingerprint density at radius 2 is 1.76 bits per heavy atom. The predicted molar refractivity (Wildman–Crippen MR) is 196 cm³/mol. The largest absolute Gasteiger partial charge is 0.455 e. The number of rotatable bonds is 17. The third kappa shape index (κ3) is 7.26. The molecule has 0 radical (unpaired) electrons. The molecule has 0 saturated carbocycles. The molecule has 7 atom stereocenters. The van der Waals surface area contributed by atoms with Crippen molar-refractivity contribution >= 4 is 29.4 Å². The van der Waals surface area contributed by atoms with Gasteiger partial charge >= 0.3 is 5.97 Å². The molecule has 1 spiro atoms. The molecular weight excluding hydrogens is 646 g/mol. The van der Waals surface area contributed by atoms with Crippen LogP contribution in [-0.2, 0) is 28.7 Å². The molecule has 3 aliphatic heterocycles. The van der Waals surface area contributed by atoms with E-state index in [1.807, 2.05) is 69.3 Å². The molecular formula is C41H53N3O7. The number of anilines is 1. The molecule has 0 aliphatic carbocycles. The number of para-hydroxylation sites is 1. The van der Waals surface area contributed by atoms with Crippen molar-refractivity contribution in [3.8, 4) is 0 Å². The van der Waals surface area contributed by atoms with Gasteiger partial charge in [-0.05, 0) is 76.0 Å². The molecule has 2 aromatic carbocycles. The number of amides is 3. The molecule has 0 unspecified atom stereocenters. The zero-order valence-electron chi connectivity index (χ0n) is 30.5. The van der Waals surface area contributed by atoms with Crippen LogP contribution in [0.15, 0.2) is 73.8 Å². The predicted octanol–water partition coefficient (Wildman–Crippen LogP) is 5.46. The van der Waals surface area contributed by atoms with Crippen molar-refractivity contribution in [1.29, 1.82) is 0 Å². The van der Waals surface area contributed by atoms with E-state index in [2.05, 4.69) is 13.2 Å². The molecule has 5 rings (SSSR count). The number of likely N-dealkylation sites (tertiary alicyclic amines) is 1. The molecule has 3 heterocycles. The highest BCUT2D eigenvalue weighted by Gasteiger charge is 2.75. The first-order valence-electron chi connectivity index (χ1n) is 18.2. The third-order valence-electron chi connectivity index (χ3n) is 11.0. The summed E-state index contributed by atoms with van der Waals surface area (Å²) >= 11 is 0. The average Bonchev–Trinajstić information content (AvgIpc) is 3.77.